The van der Waals surface area contributed by atoms with Crippen molar-refractivity contribution in [1.29, 1.82) is 0 Å². The van der Waals surface area contributed by atoms with Gasteiger partial charge in [0.15, 0.2) is 13.0 Å². The molecule has 0 heterocycles. The fraction of sp³-hybridized carbons (Fsp3) is 0.625. The number of aliphatic carboxylic acids is 1. The maximum atomic E-state index is 11.3. The lowest BCUT2D eigenvalue weighted by atomic mass is 10.1. The molecular formula is C8H15O4P. The highest BCUT2D eigenvalue weighted by Crippen LogP contribution is 2.43. The van der Waals surface area contributed by atoms with E-state index < -0.39 is 18.9 Å². The largest absolute Gasteiger partial charge is 0.479 e. The van der Waals surface area contributed by atoms with Gasteiger partial charge >= 0.3 is 5.97 Å². The molecule has 5 heteroatoms. The minimum atomic E-state index is -2.80. The minimum Gasteiger partial charge on any atom is -0.479 e. The molecule has 0 aromatic rings. The first kappa shape index (κ1) is 12.4. The van der Waals surface area contributed by atoms with E-state index in [2.05, 4.69) is 0 Å². The molecule has 0 fully saturated rings. The molecule has 0 amide bonds. The summed E-state index contributed by atoms with van der Waals surface area (Å²) in [6.45, 7) is 5.82. The van der Waals surface area contributed by atoms with Crippen LogP contribution in [-0.4, -0.2) is 30.0 Å². The second kappa shape index (κ2) is 4.07. The van der Waals surface area contributed by atoms with Gasteiger partial charge in [0.05, 0.1) is 0 Å². The van der Waals surface area contributed by atoms with Gasteiger partial charge in [0.1, 0.15) is 0 Å². The first-order valence-corrected chi connectivity index (χ1v) is 6.36. The Kier molecular flexibility index (Phi) is 3.88. The molecule has 0 saturated heterocycles. The van der Waals surface area contributed by atoms with E-state index in [0.29, 0.717) is 0 Å². The first-order valence-electron chi connectivity index (χ1n) is 3.84. The lowest BCUT2D eigenvalue weighted by Crippen LogP contribution is -2.34. The van der Waals surface area contributed by atoms with Crippen molar-refractivity contribution in [3.63, 3.8) is 0 Å². The summed E-state index contributed by atoms with van der Waals surface area (Å²) in [5, 5.41) is 8.83. The molecule has 0 saturated carbocycles. The Morgan fingerprint density at radius 3 is 2.23 bits per heavy atom. The zero-order chi connectivity index (χ0) is 10.7. The summed E-state index contributed by atoms with van der Waals surface area (Å²) in [6, 6.07) is 0. The number of carbonyl (C=O) groups is 1. The predicted octanol–water partition coefficient (Wildman–Crippen LogP) is 1.96. The summed E-state index contributed by atoms with van der Waals surface area (Å²) in [4.78, 5) is 10.8. The Morgan fingerprint density at radius 2 is 2.00 bits per heavy atom. The topological polar surface area (TPSA) is 63.6 Å². The van der Waals surface area contributed by atoms with Crippen LogP contribution in [0.4, 0.5) is 0 Å². The fourth-order valence-electron chi connectivity index (χ4n) is 0.915. The summed E-state index contributed by atoms with van der Waals surface area (Å²) >= 11 is 0. The molecule has 0 aliphatic rings. The van der Waals surface area contributed by atoms with E-state index in [0.717, 1.165) is 0 Å². The van der Waals surface area contributed by atoms with Crippen molar-refractivity contribution < 1.29 is 19.0 Å². The molecular weight excluding hydrogens is 191 g/mol. The summed E-state index contributed by atoms with van der Waals surface area (Å²) in [6.07, 6.45) is 2.93. The van der Waals surface area contributed by atoms with Gasteiger partial charge in [0.2, 0.25) is 0 Å². The lowest BCUT2D eigenvalue weighted by Gasteiger charge is -2.23. The van der Waals surface area contributed by atoms with Crippen molar-refractivity contribution in [2.75, 3.05) is 13.3 Å². The molecule has 1 unspecified atom stereocenters. The predicted molar refractivity (Wildman–Crippen MR) is 51.4 cm³/mol. The lowest BCUT2D eigenvalue weighted by molar-refractivity contribution is -0.149. The maximum absolute atomic E-state index is 11.3. The standard InChI is InChI=1S/C8H15O4P/c1-5-6-8(2,7(9)10)12-13(3,4)11/h5-6H,1-4H3,(H,9,10). The van der Waals surface area contributed by atoms with Crippen LogP contribution in [0.1, 0.15) is 13.8 Å². The van der Waals surface area contributed by atoms with Crippen LogP contribution in [0.3, 0.4) is 0 Å². The van der Waals surface area contributed by atoms with Gasteiger partial charge in [0, 0.05) is 13.3 Å². The zero-order valence-corrected chi connectivity index (χ0v) is 9.17. The molecule has 1 atom stereocenters. The number of hydrogen-bond acceptors (Lipinski definition) is 3. The smallest absolute Gasteiger partial charge is 0.340 e. The van der Waals surface area contributed by atoms with Gasteiger partial charge in [-0.15, -0.1) is 0 Å². The second-order valence-corrected chi connectivity index (χ2v) is 5.94. The van der Waals surface area contributed by atoms with E-state index in [1.807, 2.05) is 0 Å². The van der Waals surface area contributed by atoms with Crippen LogP contribution < -0.4 is 0 Å². The Balaban J connectivity index is 4.82. The zero-order valence-electron chi connectivity index (χ0n) is 8.27. The Labute approximate surface area is 78.0 Å². The molecule has 0 bridgehead atoms. The average Bonchev–Trinajstić information content (AvgIpc) is 1.82. The van der Waals surface area contributed by atoms with Crippen LogP contribution in [0.2, 0.25) is 0 Å². The van der Waals surface area contributed by atoms with Crippen LogP contribution in [0.15, 0.2) is 12.2 Å². The second-order valence-electron chi connectivity index (χ2n) is 3.26. The summed E-state index contributed by atoms with van der Waals surface area (Å²) in [7, 11) is -2.80. The monoisotopic (exact) mass is 206 g/mol. The summed E-state index contributed by atoms with van der Waals surface area (Å²) in [5.74, 6) is -1.14. The van der Waals surface area contributed by atoms with Gasteiger partial charge in [-0.1, -0.05) is 6.08 Å². The van der Waals surface area contributed by atoms with Crippen molar-refractivity contribution >= 4 is 13.3 Å². The van der Waals surface area contributed by atoms with Crippen LogP contribution in [0, 0.1) is 0 Å². The quantitative estimate of drug-likeness (QED) is 0.564. The fourth-order valence-corrected chi connectivity index (χ4v) is 1.97. The van der Waals surface area contributed by atoms with Crippen molar-refractivity contribution in [3.8, 4) is 0 Å². The van der Waals surface area contributed by atoms with E-state index in [-0.39, 0.29) is 0 Å². The van der Waals surface area contributed by atoms with E-state index in [1.165, 1.54) is 26.3 Å². The van der Waals surface area contributed by atoms with Crippen molar-refractivity contribution in [2.45, 2.75) is 19.4 Å². The number of hydrogen-bond donors (Lipinski definition) is 1. The molecule has 0 aliphatic carbocycles. The molecule has 13 heavy (non-hydrogen) atoms. The van der Waals surface area contributed by atoms with E-state index in [4.69, 9.17) is 9.63 Å². The highest BCUT2D eigenvalue weighted by atomic mass is 31.2. The number of rotatable bonds is 4. The molecule has 76 valence electrons. The molecule has 1 N–H and O–H groups in total. The third kappa shape index (κ3) is 4.25. The van der Waals surface area contributed by atoms with Gasteiger partial charge in [-0.2, -0.15) is 0 Å². The van der Waals surface area contributed by atoms with E-state index in [9.17, 15) is 9.36 Å². The SMILES string of the molecule is CC=CC(C)(OP(C)(C)=O)C(=O)O. The highest BCUT2D eigenvalue weighted by molar-refractivity contribution is 7.57. The molecule has 0 rings (SSSR count). The Hall–Kier alpha value is -0.600. The van der Waals surface area contributed by atoms with Gasteiger partial charge in [-0.25, -0.2) is 4.79 Å². The number of allylic oxidation sites excluding steroid dienone is 1. The summed E-state index contributed by atoms with van der Waals surface area (Å²) < 4.78 is 16.3. The minimum absolute atomic E-state index is 1.14. The highest BCUT2D eigenvalue weighted by Gasteiger charge is 2.35. The van der Waals surface area contributed by atoms with Gasteiger partial charge in [-0.05, 0) is 19.9 Å². The normalized spacial score (nSPS) is 17.2. The molecule has 4 nitrogen and oxygen atoms in total. The van der Waals surface area contributed by atoms with Crippen LogP contribution in [-0.2, 0) is 13.9 Å². The van der Waals surface area contributed by atoms with Crippen LogP contribution >= 0.6 is 7.37 Å². The van der Waals surface area contributed by atoms with Gasteiger partial charge in [-0.3, -0.25) is 4.57 Å². The third-order valence-electron chi connectivity index (χ3n) is 1.32. The molecule has 0 spiro atoms. The Morgan fingerprint density at radius 1 is 1.54 bits per heavy atom. The van der Waals surface area contributed by atoms with E-state index in [1.54, 1.807) is 13.0 Å². The van der Waals surface area contributed by atoms with Crippen molar-refractivity contribution in [1.82, 2.24) is 0 Å². The number of carboxylic acid groups (broad SMARTS) is 1. The van der Waals surface area contributed by atoms with Gasteiger partial charge in [0.25, 0.3) is 0 Å². The van der Waals surface area contributed by atoms with Crippen LogP contribution in [0.25, 0.3) is 0 Å². The molecule has 0 aromatic heterocycles. The third-order valence-corrected chi connectivity index (χ3v) is 2.14. The number of carboxylic acids is 1. The van der Waals surface area contributed by atoms with Crippen molar-refractivity contribution in [2.24, 2.45) is 0 Å². The maximum Gasteiger partial charge on any atom is 0.340 e. The molecule has 0 aliphatic heterocycles. The summed E-state index contributed by atoms with van der Waals surface area (Å²) in [5.41, 5.74) is -1.49. The molecule has 0 aromatic carbocycles. The average molecular weight is 206 g/mol. The van der Waals surface area contributed by atoms with Gasteiger partial charge < -0.3 is 9.63 Å². The Bertz CT molecular complexity index is 265. The van der Waals surface area contributed by atoms with Crippen molar-refractivity contribution in [3.05, 3.63) is 12.2 Å². The van der Waals surface area contributed by atoms with E-state index >= 15 is 0 Å². The van der Waals surface area contributed by atoms with Crippen LogP contribution in [0.5, 0.6) is 0 Å². The first-order chi connectivity index (χ1) is 5.71. The molecule has 0 radical (unpaired) electrons.